The molecule has 162 valence electrons. The second-order valence-corrected chi connectivity index (χ2v) is 7.92. The number of fused-ring (bicyclic) bond motifs is 3. The lowest BCUT2D eigenvalue weighted by Crippen LogP contribution is -2.29. The van der Waals surface area contributed by atoms with Crippen molar-refractivity contribution in [3.8, 4) is 11.5 Å². The number of ether oxygens (including phenoxy) is 3. The number of allylic oxidation sites excluding steroid dienone is 2. The van der Waals surface area contributed by atoms with E-state index in [1.165, 1.54) is 6.92 Å². The van der Waals surface area contributed by atoms with E-state index in [0.29, 0.717) is 29.6 Å². The number of carbonyl (C=O) groups is 2. The zero-order chi connectivity index (χ0) is 22.0. The maximum atomic E-state index is 12.3. The number of carbonyl (C=O) groups excluding carboxylic acids is 2. The molecule has 1 aliphatic heterocycles. The van der Waals surface area contributed by atoms with Crippen LogP contribution in [0.3, 0.4) is 0 Å². The van der Waals surface area contributed by atoms with Crippen molar-refractivity contribution in [1.29, 1.82) is 0 Å². The molecule has 1 heterocycles. The van der Waals surface area contributed by atoms with Crippen molar-refractivity contribution >= 4 is 17.6 Å². The summed E-state index contributed by atoms with van der Waals surface area (Å²) < 4.78 is 16.0. The van der Waals surface area contributed by atoms with Gasteiger partial charge in [0.25, 0.3) is 0 Å². The van der Waals surface area contributed by atoms with Crippen molar-refractivity contribution in [1.82, 2.24) is 0 Å². The average Bonchev–Trinajstić information content (AvgIpc) is 3.27. The van der Waals surface area contributed by atoms with Crippen LogP contribution < -0.4 is 14.8 Å². The summed E-state index contributed by atoms with van der Waals surface area (Å²) in [6, 6.07) is 11.4. The fraction of sp³-hybridized carbons (Fsp3) is 0.360. The van der Waals surface area contributed by atoms with E-state index in [-0.39, 0.29) is 23.9 Å². The van der Waals surface area contributed by atoms with Gasteiger partial charge in [0.2, 0.25) is 0 Å². The van der Waals surface area contributed by atoms with Gasteiger partial charge >= 0.3 is 11.9 Å². The highest BCUT2D eigenvalue weighted by Gasteiger charge is 2.38. The maximum Gasteiger partial charge on any atom is 0.338 e. The number of benzene rings is 2. The highest BCUT2D eigenvalue weighted by atomic mass is 16.6. The van der Waals surface area contributed by atoms with E-state index in [0.717, 1.165) is 29.7 Å². The van der Waals surface area contributed by atoms with Crippen molar-refractivity contribution in [3.63, 3.8) is 0 Å². The van der Waals surface area contributed by atoms with Gasteiger partial charge in [0, 0.05) is 18.5 Å². The van der Waals surface area contributed by atoms with Crippen LogP contribution in [-0.2, 0) is 9.53 Å². The zero-order valence-electron chi connectivity index (χ0n) is 18.0. The molecule has 0 amide bonds. The Morgan fingerprint density at radius 1 is 1.13 bits per heavy atom. The average molecular weight is 421 g/mol. The number of esters is 2. The van der Waals surface area contributed by atoms with Gasteiger partial charge in [-0.1, -0.05) is 25.1 Å². The second-order valence-electron chi connectivity index (χ2n) is 7.92. The van der Waals surface area contributed by atoms with Crippen LogP contribution in [0.4, 0.5) is 5.69 Å². The maximum absolute atomic E-state index is 12.3. The summed E-state index contributed by atoms with van der Waals surface area (Å²) >= 11 is 0. The first-order chi connectivity index (χ1) is 15.0. The lowest BCUT2D eigenvalue weighted by Gasteiger charge is -2.37. The van der Waals surface area contributed by atoms with Crippen molar-refractivity contribution in [3.05, 3.63) is 65.2 Å². The molecule has 0 bridgehead atoms. The molecule has 1 N–H and O–H groups in total. The molecule has 0 radical (unpaired) electrons. The van der Waals surface area contributed by atoms with Crippen LogP contribution in [0.2, 0.25) is 0 Å². The van der Waals surface area contributed by atoms with Gasteiger partial charge in [0.05, 0.1) is 25.3 Å². The van der Waals surface area contributed by atoms with E-state index in [2.05, 4.69) is 17.5 Å². The van der Waals surface area contributed by atoms with Gasteiger partial charge in [-0.2, -0.15) is 0 Å². The van der Waals surface area contributed by atoms with E-state index in [9.17, 15) is 9.59 Å². The van der Waals surface area contributed by atoms with Gasteiger partial charge < -0.3 is 19.5 Å². The van der Waals surface area contributed by atoms with Crippen molar-refractivity contribution in [2.45, 2.75) is 38.6 Å². The first-order valence-electron chi connectivity index (χ1n) is 10.6. The largest absolute Gasteiger partial charge is 0.493 e. The zero-order valence-corrected chi connectivity index (χ0v) is 18.0. The normalized spacial score (nSPS) is 20.9. The molecule has 6 heteroatoms. The fourth-order valence-corrected chi connectivity index (χ4v) is 4.45. The first kappa shape index (κ1) is 21.0. The Labute approximate surface area is 182 Å². The number of methoxy groups -OCH3 is 1. The van der Waals surface area contributed by atoms with Gasteiger partial charge in [0.1, 0.15) is 0 Å². The summed E-state index contributed by atoms with van der Waals surface area (Å²) in [5, 5.41) is 3.65. The van der Waals surface area contributed by atoms with Gasteiger partial charge in [-0.3, -0.25) is 4.79 Å². The van der Waals surface area contributed by atoms with Crippen LogP contribution in [0.25, 0.3) is 0 Å². The van der Waals surface area contributed by atoms with E-state index in [4.69, 9.17) is 14.2 Å². The summed E-state index contributed by atoms with van der Waals surface area (Å²) in [7, 11) is 1.56. The van der Waals surface area contributed by atoms with Crippen LogP contribution in [0.15, 0.2) is 48.6 Å². The predicted octanol–water partition coefficient (Wildman–Crippen LogP) is 5.01. The standard InChI is InChI=1S/C25H27NO5/c1-4-12-30-25(28)17-8-10-21-20(13-17)18-6-5-7-19(18)24(26-21)16-9-11-22(31-15(2)27)23(14-16)29-3/h5-6,8-11,13-14,18-19,24,26H,4,7,12H2,1-3H3. The Hall–Kier alpha value is -3.28. The summed E-state index contributed by atoms with van der Waals surface area (Å²) in [4.78, 5) is 23.7. The Bertz CT molecular complexity index is 1030. The van der Waals surface area contributed by atoms with Gasteiger partial charge in [-0.25, -0.2) is 4.79 Å². The Kier molecular flexibility index (Phi) is 5.98. The van der Waals surface area contributed by atoms with Crippen LogP contribution in [0.1, 0.15) is 60.1 Å². The topological polar surface area (TPSA) is 73.9 Å². The third-order valence-electron chi connectivity index (χ3n) is 5.84. The fourth-order valence-electron chi connectivity index (χ4n) is 4.45. The van der Waals surface area contributed by atoms with Crippen LogP contribution in [0.5, 0.6) is 11.5 Å². The molecule has 2 aromatic carbocycles. The van der Waals surface area contributed by atoms with Crippen LogP contribution in [-0.4, -0.2) is 25.7 Å². The molecular formula is C25H27NO5. The summed E-state index contributed by atoms with van der Waals surface area (Å²) in [6.07, 6.45) is 6.15. The SMILES string of the molecule is CCCOC(=O)c1ccc2c(c1)C1C=CCC1C(c1ccc(OC(C)=O)c(OC)c1)N2. The molecule has 0 aromatic heterocycles. The van der Waals surface area contributed by atoms with Gasteiger partial charge in [-0.15, -0.1) is 0 Å². The number of nitrogens with one attached hydrogen (secondary N) is 1. The first-order valence-corrected chi connectivity index (χ1v) is 10.6. The number of hydrogen-bond donors (Lipinski definition) is 1. The van der Waals surface area contributed by atoms with E-state index in [1.54, 1.807) is 13.2 Å². The Balaban J connectivity index is 1.65. The molecular weight excluding hydrogens is 394 g/mol. The molecule has 0 saturated carbocycles. The third-order valence-corrected chi connectivity index (χ3v) is 5.84. The molecule has 1 aliphatic carbocycles. The molecule has 3 unspecified atom stereocenters. The lowest BCUT2D eigenvalue weighted by atomic mass is 9.76. The molecule has 0 spiro atoms. The minimum atomic E-state index is -0.385. The predicted molar refractivity (Wildman–Crippen MR) is 118 cm³/mol. The Morgan fingerprint density at radius 2 is 1.97 bits per heavy atom. The lowest BCUT2D eigenvalue weighted by molar-refractivity contribution is -0.132. The van der Waals surface area contributed by atoms with Crippen molar-refractivity contribution in [2.75, 3.05) is 19.0 Å². The quantitative estimate of drug-likeness (QED) is 0.401. The van der Waals surface area contributed by atoms with Gasteiger partial charge in [-0.05, 0) is 60.2 Å². The summed E-state index contributed by atoms with van der Waals surface area (Å²) in [5.41, 5.74) is 3.76. The summed E-state index contributed by atoms with van der Waals surface area (Å²) in [6.45, 7) is 3.77. The highest BCUT2D eigenvalue weighted by molar-refractivity contribution is 5.90. The Morgan fingerprint density at radius 3 is 2.71 bits per heavy atom. The minimum absolute atomic E-state index is 0.0608. The van der Waals surface area contributed by atoms with Crippen molar-refractivity contribution < 1.29 is 23.8 Å². The van der Waals surface area contributed by atoms with E-state index < -0.39 is 0 Å². The number of hydrogen-bond acceptors (Lipinski definition) is 6. The van der Waals surface area contributed by atoms with Crippen LogP contribution >= 0.6 is 0 Å². The molecule has 0 saturated heterocycles. The van der Waals surface area contributed by atoms with E-state index in [1.807, 2.05) is 37.3 Å². The molecule has 3 atom stereocenters. The monoisotopic (exact) mass is 421 g/mol. The minimum Gasteiger partial charge on any atom is -0.493 e. The third kappa shape index (κ3) is 4.15. The molecule has 2 aromatic rings. The second kappa shape index (κ2) is 8.84. The van der Waals surface area contributed by atoms with Crippen molar-refractivity contribution in [2.24, 2.45) is 5.92 Å². The number of rotatable bonds is 6. The molecule has 0 fully saturated rings. The molecule has 2 aliphatic rings. The molecule has 4 rings (SSSR count). The number of anilines is 1. The molecule has 6 nitrogen and oxygen atoms in total. The molecule has 31 heavy (non-hydrogen) atoms. The summed E-state index contributed by atoms with van der Waals surface area (Å²) in [5.74, 6) is 0.779. The highest BCUT2D eigenvalue weighted by Crippen LogP contribution is 2.50. The van der Waals surface area contributed by atoms with Crippen LogP contribution in [0, 0.1) is 5.92 Å². The van der Waals surface area contributed by atoms with Gasteiger partial charge in [0.15, 0.2) is 11.5 Å². The van der Waals surface area contributed by atoms with E-state index >= 15 is 0 Å². The smallest absolute Gasteiger partial charge is 0.338 e.